The lowest BCUT2D eigenvalue weighted by Gasteiger charge is -2.23. The molecule has 0 aliphatic carbocycles. The predicted octanol–water partition coefficient (Wildman–Crippen LogP) is 3.18. The maximum absolute atomic E-state index is 12.2. The lowest BCUT2D eigenvalue weighted by molar-refractivity contribution is -0.149. The number of carboxylic acid groups (broad SMARTS) is 1. The minimum Gasteiger partial charge on any atom is -0.492 e. The Bertz CT molecular complexity index is 589. The van der Waals surface area contributed by atoms with Crippen LogP contribution in [0.5, 0.6) is 5.75 Å². The molecule has 0 aromatic heterocycles. The number of nitrogens with one attached hydrogen (secondary N) is 1. The maximum Gasteiger partial charge on any atom is 0.333 e. The summed E-state index contributed by atoms with van der Waals surface area (Å²) in [7, 11) is 0. The van der Waals surface area contributed by atoms with E-state index in [9.17, 15) is 9.59 Å². The molecule has 0 radical (unpaired) electrons. The van der Waals surface area contributed by atoms with Gasteiger partial charge in [0, 0.05) is 26.1 Å². The summed E-state index contributed by atoms with van der Waals surface area (Å²) in [6.07, 6.45) is 0.406. The van der Waals surface area contributed by atoms with E-state index in [0.29, 0.717) is 50.9 Å². The second kappa shape index (κ2) is 13.0. The lowest BCUT2D eigenvalue weighted by atomic mass is 10.1. The number of amides is 2. The van der Waals surface area contributed by atoms with Gasteiger partial charge in [-0.25, -0.2) is 9.59 Å². The zero-order valence-corrected chi connectivity index (χ0v) is 17.4. The van der Waals surface area contributed by atoms with Crippen molar-refractivity contribution in [2.75, 3.05) is 32.8 Å². The Morgan fingerprint density at radius 1 is 1.14 bits per heavy atom. The normalized spacial score (nSPS) is 11.9. The van der Waals surface area contributed by atoms with Crippen LogP contribution in [-0.4, -0.2) is 61.0 Å². The fraction of sp³-hybridized carbons (Fsp3) is 0.619. The summed E-state index contributed by atoms with van der Waals surface area (Å²) in [4.78, 5) is 25.1. The summed E-state index contributed by atoms with van der Waals surface area (Å²) in [5.74, 6) is 0.248. The van der Waals surface area contributed by atoms with Crippen molar-refractivity contribution in [3.63, 3.8) is 0 Å². The van der Waals surface area contributed by atoms with E-state index in [-0.39, 0.29) is 6.03 Å². The fourth-order valence-electron chi connectivity index (χ4n) is 2.62. The fourth-order valence-corrected chi connectivity index (χ4v) is 2.62. The van der Waals surface area contributed by atoms with Crippen molar-refractivity contribution in [2.24, 2.45) is 5.92 Å². The number of aliphatic carboxylic acids is 1. The smallest absolute Gasteiger partial charge is 0.333 e. The molecule has 1 rings (SSSR count). The van der Waals surface area contributed by atoms with Gasteiger partial charge < -0.3 is 24.8 Å². The van der Waals surface area contributed by atoms with Crippen molar-refractivity contribution in [3.05, 3.63) is 29.8 Å². The van der Waals surface area contributed by atoms with Crippen LogP contribution in [0.1, 0.15) is 39.7 Å². The third-order valence-corrected chi connectivity index (χ3v) is 4.21. The molecule has 0 aliphatic heterocycles. The van der Waals surface area contributed by atoms with Gasteiger partial charge in [0.1, 0.15) is 12.4 Å². The van der Waals surface area contributed by atoms with Crippen LogP contribution in [0.25, 0.3) is 0 Å². The third kappa shape index (κ3) is 9.08. The van der Waals surface area contributed by atoms with Crippen molar-refractivity contribution < 1.29 is 24.2 Å². The first-order chi connectivity index (χ1) is 13.4. The summed E-state index contributed by atoms with van der Waals surface area (Å²) in [5, 5.41) is 12.0. The molecule has 7 nitrogen and oxygen atoms in total. The highest BCUT2D eigenvalue weighted by Gasteiger charge is 2.18. The second-order valence-electron chi connectivity index (χ2n) is 6.98. The standard InChI is InChI=1S/C21H34N2O5/c1-5-22-21(26)23(12-11-16(3)4)13-14-28-18-9-7-17(8-10-18)15-19(20(24)25)27-6-2/h7-10,16,19H,5-6,11-15H2,1-4H3,(H,22,26)(H,24,25). The molecular weight excluding hydrogens is 360 g/mol. The predicted molar refractivity (Wildman–Crippen MR) is 109 cm³/mol. The molecule has 0 fully saturated rings. The maximum atomic E-state index is 12.2. The monoisotopic (exact) mass is 394 g/mol. The van der Waals surface area contributed by atoms with E-state index in [2.05, 4.69) is 19.2 Å². The Morgan fingerprint density at radius 2 is 1.82 bits per heavy atom. The van der Waals surface area contributed by atoms with Crippen LogP contribution in [-0.2, 0) is 16.0 Å². The number of hydrogen-bond donors (Lipinski definition) is 2. The van der Waals surface area contributed by atoms with E-state index in [0.717, 1.165) is 12.0 Å². The Hall–Kier alpha value is -2.28. The minimum absolute atomic E-state index is 0.0715. The summed E-state index contributed by atoms with van der Waals surface area (Å²) < 4.78 is 11.0. The van der Waals surface area contributed by atoms with Gasteiger partial charge in [0.25, 0.3) is 0 Å². The first-order valence-electron chi connectivity index (χ1n) is 9.96. The highest BCUT2D eigenvalue weighted by atomic mass is 16.5. The second-order valence-corrected chi connectivity index (χ2v) is 6.98. The molecule has 0 saturated heterocycles. The molecule has 0 saturated carbocycles. The Kier molecular flexibility index (Phi) is 11.0. The van der Waals surface area contributed by atoms with Crippen LogP contribution >= 0.6 is 0 Å². The number of carboxylic acids is 1. The number of ether oxygens (including phenoxy) is 2. The van der Waals surface area contributed by atoms with E-state index >= 15 is 0 Å². The van der Waals surface area contributed by atoms with Gasteiger partial charge in [-0.3, -0.25) is 0 Å². The van der Waals surface area contributed by atoms with E-state index in [1.807, 2.05) is 31.2 Å². The topological polar surface area (TPSA) is 88.1 Å². The largest absolute Gasteiger partial charge is 0.492 e. The molecule has 1 unspecified atom stereocenters. The molecule has 1 atom stereocenters. The summed E-state index contributed by atoms with van der Waals surface area (Å²) in [6.45, 7) is 10.5. The van der Waals surface area contributed by atoms with E-state index in [1.165, 1.54) is 0 Å². The Balaban J connectivity index is 2.54. The quantitative estimate of drug-likeness (QED) is 0.536. The molecule has 28 heavy (non-hydrogen) atoms. The van der Waals surface area contributed by atoms with E-state index < -0.39 is 12.1 Å². The van der Waals surface area contributed by atoms with Crippen molar-refractivity contribution in [1.29, 1.82) is 0 Å². The highest BCUT2D eigenvalue weighted by molar-refractivity contribution is 5.74. The van der Waals surface area contributed by atoms with Gasteiger partial charge in [-0.1, -0.05) is 26.0 Å². The lowest BCUT2D eigenvalue weighted by Crippen LogP contribution is -2.42. The molecule has 0 aliphatic rings. The average molecular weight is 395 g/mol. The molecule has 1 aromatic carbocycles. The third-order valence-electron chi connectivity index (χ3n) is 4.21. The van der Waals surface area contributed by atoms with Crippen molar-refractivity contribution in [1.82, 2.24) is 10.2 Å². The first kappa shape index (κ1) is 23.8. The molecule has 0 spiro atoms. The Morgan fingerprint density at radius 3 is 2.36 bits per heavy atom. The van der Waals surface area contributed by atoms with Gasteiger partial charge in [-0.15, -0.1) is 0 Å². The molecule has 158 valence electrons. The van der Waals surface area contributed by atoms with Gasteiger partial charge in [-0.2, -0.15) is 0 Å². The van der Waals surface area contributed by atoms with Gasteiger partial charge in [0.2, 0.25) is 0 Å². The van der Waals surface area contributed by atoms with E-state index in [1.54, 1.807) is 11.8 Å². The molecule has 0 heterocycles. The molecule has 7 heteroatoms. The van der Waals surface area contributed by atoms with Crippen LogP contribution < -0.4 is 10.1 Å². The summed E-state index contributed by atoms with van der Waals surface area (Å²) >= 11 is 0. The Labute approximate surface area is 168 Å². The molecule has 2 N–H and O–H groups in total. The van der Waals surface area contributed by atoms with Crippen LogP contribution in [0.4, 0.5) is 4.79 Å². The zero-order valence-electron chi connectivity index (χ0n) is 17.4. The molecule has 0 bridgehead atoms. The summed E-state index contributed by atoms with van der Waals surface area (Å²) in [6, 6.07) is 7.22. The molecular formula is C21H34N2O5. The van der Waals surface area contributed by atoms with Crippen molar-refractivity contribution in [3.8, 4) is 5.75 Å². The van der Waals surface area contributed by atoms with Crippen LogP contribution in [0.2, 0.25) is 0 Å². The number of urea groups is 1. The van der Waals surface area contributed by atoms with Gasteiger partial charge >= 0.3 is 12.0 Å². The van der Waals surface area contributed by atoms with Crippen molar-refractivity contribution in [2.45, 2.75) is 46.6 Å². The average Bonchev–Trinajstić information content (AvgIpc) is 2.65. The van der Waals surface area contributed by atoms with Crippen molar-refractivity contribution >= 4 is 12.0 Å². The van der Waals surface area contributed by atoms with Gasteiger partial charge in [0.15, 0.2) is 6.10 Å². The number of benzene rings is 1. The number of carbonyl (C=O) groups excluding carboxylic acids is 1. The number of rotatable bonds is 13. The highest BCUT2D eigenvalue weighted by Crippen LogP contribution is 2.15. The zero-order chi connectivity index (χ0) is 20.9. The van der Waals surface area contributed by atoms with E-state index in [4.69, 9.17) is 14.6 Å². The first-order valence-corrected chi connectivity index (χ1v) is 9.96. The van der Waals surface area contributed by atoms with Crippen LogP contribution in [0.3, 0.4) is 0 Å². The summed E-state index contributed by atoms with van der Waals surface area (Å²) in [5.41, 5.74) is 0.870. The SMILES string of the molecule is CCNC(=O)N(CCOc1ccc(CC(OCC)C(=O)O)cc1)CCC(C)C. The number of hydrogen-bond acceptors (Lipinski definition) is 4. The minimum atomic E-state index is -0.964. The molecule has 2 amide bonds. The number of carbonyl (C=O) groups is 2. The number of nitrogens with zero attached hydrogens (tertiary/aromatic N) is 1. The van der Waals surface area contributed by atoms with Crippen LogP contribution in [0, 0.1) is 5.92 Å². The molecule has 1 aromatic rings. The van der Waals surface area contributed by atoms with Crippen LogP contribution in [0.15, 0.2) is 24.3 Å². The van der Waals surface area contributed by atoms with Gasteiger partial charge in [0.05, 0.1) is 6.54 Å². The van der Waals surface area contributed by atoms with Gasteiger partial charge in [-0.05, 0) is 43.9 Å².